The van der Waals surface area contributed by atoms with E-state index in [4.69, 9.17) is 5.26 Å². The third-order valence-electron chi connectivity index (χ3n) is 5.31. The molecule has 3 aromatic rings. The van der Waals surface area contributed by atoms with Crippen molar-refractivity contribution in [1.29, 1.82) is 5.26 Å². The third-order valence-corrected chi connectivity index (χ3v) is 5.31. The van der Waals surface area contributed by atoms with Crippen LogP contribution in [0.4, 0.5) is 5.69 Å². The van der Waals surface area contributed by atoms with Gasteiger partial charge in [-0.2, -0.15) is 15.5 Å². The van der Waals surface area contributed by atoms with Gasteiger partial charge in [-0.05, 0) is 61.4 Å². The van der Waals surface area contributed by atoms with Gasteiger partial charge in [-0.1, -0.05) is 24.3 Å². The average molecular weight is 369 g/mol. The second-order valence-electron chi connectivity index (χ2n) is 7.34. The number of hydrogen-bond donors (Lipinski definition) is 1. The Bertz CT molecular complexity index is 1080. The molecule has 2 aromatic carbocycles. The Morgan fingerprint density at radius 3 is 2.89 bits per heavy atom. The summed E-state index contributed by atoms with van der Waals surface area (Å²) in [5.41, 5.74) is 6.20. The molecular formula is C23H23N5. The molecule has 1 aliphatic heterocycles. The van der Waals surface area contributed by atoms with Crippen molar-refractivity contribution in [2.24, 2.45) is 0 Å². The molecule has 5 heteroatoms. The molecular weight excluding hydrogens is 346 g/mol. The van der Waals surface area contributed by atoms with Gasteiger partial charge < -0.3 is 10.2 Å². The fraction of sp³-hybridized carbons (Fsp3) is 0.261. The first-order valence-electron chi connectivity index (χ1n) is 9.54. The summed E-state index contributed by atoms with van der Waals surface area (Å²) in [6.07, 6.45) is 5.14. The highest BCUT2D eigenvalue weighted by atomic mass is 15.1. The lowest BCUT2D eigenvalue weighted by atomic mass is 9.97. The Labute approximate surface area is 165 Å². The van der Waals surface area contributed by atoms with Gasteiger partial charge in [0.2, 0.25) is 0 Å². The zero-order valence-corrected chi connectivity index (χ0v) is 16.2. The minimum absolute atomic E-state index is 0.0481. The van der Waals surface area contributed by atoms with Crippen molar-refractivity contribution >= 4 is 22.2 Å². The summed E-state index contributed by atoms with van der Waals surface area (Å²) < 4.78 is 0. The zero-order chi connectivity index (χ0) is 19.5. The first-order chi connectivity index (χ1) is 13.6. The van der Waals surface area contributed by atoms with E-state index in [9.17, 15) is 0 Å². The van der Waals surface area contributed by atoms with Gasteiger partial charge in [0.15, 0.2) is 0 Å². The molecule has 28 heavy (non-hydrogen) atoms. The standard InChI is InChI=1S/C23H23N5/c1-16(19-5-3-4-17(12-19)14-24)26-23-15-25-27-22-7-6-20(13-21(22)23)18-8-10-28(2)11-9-18/h3-8,12-13,15-16H,9-11H2,1-2H3,(H,26,27)/t16-/m1/s1. The Balaban J connectivity index is 1.67. The topological polar surface area (TPSA) is 64.8 Å². The van der Waals surface area contributed by atoms with E-state index in [-0.39, 0.29) is 6.04 Å². The Hall–Kier alpha value is -3.23. The molecule has 0 amide bonds. The summed E-state index contributed by atoms with van der Waals surface area (Å²) in [6, 6.07) is 16.3. The van der Waals surface area contributed by atoms with Gasteiger partial charge in [0, 0.05) is 24.5 Å². The highest BCUT2D eigenvalue weighted by Crippen LogP contribution is 2.30. The quantitative estimate of drug-likeness (QED) is 0.739. The summed E-state index contributed by atoms with van der Waals surface area (Å²) in [5.74, 6) is 0. The highest BCUT2D eigenvalue weighted by molar-refractivity contribution is 5.93. The molecule has 0 unspecified atom stereocenters. The van der Waals surface area contributed by atoms with E-state index in [2.05, 4.69) is 58.7 Å². The molecule has 2 heterocycles. The average Bonchev–Trinajstić information content (AvgIpc) is 2.74. The van der Waals surface area contributed by atoms with Crippen LogP contribution in [0.25, 0.3) is 16.5 Å². The number of nitriles is 1. The van der Waals surface area contributed by atoms with Crippen LogP contribution in [0.3, 0.4) is 0 Å². The van der Waals surface area contributed by atoms with Gasteiger partial charge in [0.05, 0.1) is 29.0 Å². The molecule has 0 fully saturated rings. The number of nitrogens with zero attached hydrogens (tertiary/aromatic N) is 4. The van der Waals surface area contributed by atoms with Crippen LogP contribution in [0, 0.1) is 11.3 Å². The van der Waals surface area contributed by atoms with E-state index < -0.39 is 0 Å². The van der Waals surface area contributed by atoms with Crippen LogP contribution in [0.1, 0.15) is 36.1 Å². The molecule has 1 N–H and O–H groups in total. The SMILES string of the molecule is C[C@@H](Nc1cnnc2ccc(C3=CCN(C)CC3)cc12)c1cccc(C#N)c1. The molecule has 0 radical (unpaired) electrons. The predicted octanol–water partition coefficient (Wildman–Crippen LogP) is 4.39. The smallest absolute Gasteiger partial charge is 0.0991 e. The van der Waals surface area contributed by atoms with E-state index >= 15 is 0 Å². The maximum absolute atomic E-state index is 9.15. The second-order valence-corrected chi connectivity index (χ2v) is 7.34. The van der Waals surface area contributed by atoms with E-state index in [0.29, 0.717) is 5.56 Å². The molecule has 0 spiro atoms. The van der Waals surface area contributed by atoms with Crippen LogP contribution in [-0.2, 0) is 0 Å². The van der Waals surface area contributed by atoms with E-state index in [1.165, 1.54) is 11.1 Å². The van der Waals surface area contributed by atoms with Crippen molar-refractivity contribution in [2.45, 2.75) is 19.4 Å². The molecule has 1 aliphatic rings. The Morgan fingerprint density at radius 1 is 1.21 bits per heavy atom. The fourth-order valence-electron chi connectivity index (χ4n) is 3.60. The van der Waals surface area contributed by atoms with Crippen LogP contribution in [-0.4, -0.2) is 35.2 Å². The van der Waals surface area contributed by atoms with Gasteiger partial charge in [0.1, 0.15) is 0 Å². The Kier molecular flexibility index (Phi) is 5.05. The van der Waals surface area contributed by atoms with Crippen molar-refractivity contribution in [3.8, 4) is 6.07 Å². The van der Waals surface area contributed by atoms with Gasteiger partial charge in [-0.25, -0.2) is 0 Å². The molecule has 0 bridgehead atoms. The number of benzene rings is 2. The minimum atomic E-state index is 0.0481. The van der Waals surface area contributed by atoms with Gasteiger partial charge >= 0.3 is 0 Å². The fourth-order valence-corrected chi connectivity index (χ4v) is 3.60. The third kappa shape index (κ3) is 3.73. The maximum Gasteiger partial charge on any atom is 0.0991 e. The summed E-state index contributed by atoms with van der Waals surface area (Å²) in [6.45, 7) is 4.15. The van der Waals surface area contributed by atoms with Crippen molar-refractivity contribution in [3.63, 3.8) is 0 Å². The molecule has 0 aliphatic carbocycles. The lowest BCUT2D eigenvalue weighted by Crippen LogP contribution is -2.23. The normalized spacial score (nSPS) is 15.7. The van der Waals surface area contributed by atoms with Crippen LogP contribution >= 0.6 is 0 Å². The van der Waals surface area contributed by atoms with Gasteiger partial charge in [-0.15, -0.1) is 0 Å². The summed E-state index contributed by atoms with van der Waals surface area (Å²) in [4.78, 5) is 2.32. The molecule has 0 saturated heterocycles. The highest BCUT2D eigenvalue weighted by Gasteiger charge is 2.13. The monoisotopic (exact) mass is 369 g/mol. The number of aromatic nitrogens is 2. The number of hydrogen-bond acceptors (Lipinski definition) is 5. The lowest BCUT2D eigenvalue weighted by molar-refractivity contribution is 0.370. The second kappa shape index (κ2) is 7.79. The number of likely N-dealkylation sites (N-methyl/N-ethyl adjacent to an activating group) is 1. The van der Waals surface area contributed by atoms with Crippen molar-refractivity contribution in [2.75, 3.05) is 25.5 Å². The minimum Gasteiger partial charge on any atom is -0.377 e. The van der Waals surface area contributed by atoms with E-state index in [1.54, 1.807) is 6.20 Å². The zero-order valence-electron chi connectivity index (χ0n) is 16.2. The summed E-state index contributed by atoms with van der Waals surface area (Å²) >= 11 is 0. The predicted molar refractivity (Wildman–Crippen MR) is 113 cm³/mol. The van der Waals surface area contributed by atoms with Crippen LogP contribution in [0.2, 0.25) is 0 Å². The molecule has 4 rings (SSSR count). The molecule has 5 nitrogen and oxygen atoms in total. The van der Waals surface area contributed by atoms with Crippen LogP contribution in [0.15, 0.2) is 54.7 Å². The number of nitrogens with one attached hydrogen (secondary N) is 1. The molecule has 1 aromatic heterocycles. The van der Waals surface area contributed by atoms with Gasteiger partial charge in [-0.3, -0.25) is 0 Å². The largest absolute Gasteiger partial charge is 0.377 e. The van der Waals surface area contributed by atoms with Crippen molar-refractivity contribution in [1.82, 2.24) is 15.1 Å². The molecule has 0 saturated carbocycles. The first-order valence-corrected chi connectivity index (χ1v) is 9.54. The number of anilines is 1. The van der Waals surface area contributed by atoms with Crippen LogP contribution in [0.5, 0.6) is 0 Å². The molecule has 140 valence electrons. The Morgan fingerprint density at radius 2 is 2.11 bits per heavy atom. The summed E-state index contributed by atoms with van der Waals surface area (Å²) in [5, 5.41) is 22.2. The van der Waals surface area contributed by atoms with Gasteiger partial charge in [0.25, 0.3) is 0 Å². The van der Waals surface area contributed by atoms with Crippen LogP contribution < -0.4 is 5.32 Å². The number of rotatable bonds is 4. The lowest BCUT2D eigenvalue weighted by Gasteiger charge is -2.22. The van der Waals surface area contributed by atoms with E-state index in [1.807, 2.05) is 30.3 Å². The van der Waals surface area contributed by atoms with E-state index in [0.717, 1.165) is 41.7 Å². The first kappa shape index (κ1) is 18.1. The van der Waals surface area contributed by atoms with Crippen molar-refractivity contribution < 1.29 is 0 Å². The maximum atomic E-state index is 9.15. The summed E-state index contributed by atoms with van der Waals surface area (Å²) in [7, 11) is 2.15. The molecule has 1 atom stereocenters. The number of fused-ring (bicyclic) bond motifs is 1. The van der Waals surface area contributed by atoms with Crippen molar-refractivity contribution in [3.05, 3.63) is 71.4 Å².